The summed E-state index contributed by atoms with van der Waals surface area (Å²) in [7, 11) is 0. The van der Waals surface area contributed by atoms with Gasteiger partial charge in [-0.15, -0.1) is 0 Å². The van der Waals surface area contributed by atoms with Crippen molar-refractivity contribution < 1.29 is 38.5 Å². The largest absolute Gasteiger partial charge is 0.459 e. The van der Waals surface area contributed by atoms with Crippen LogP contribution in [0.15, 0.2) is 0 Å². The number of unbranched alkanes of at least 4 members (excludes halogenated alkanes) is 3. The van der Waals surface area contributed by atoms with Gasteiger partial charge >= 0.3 is 17.9 Å². The molecule has 0 radical (unpaired) electrons. The first kappa shape index (κ1) is 42.7. The highest BCUT2D eigenvalue weighted by atomic mass is 16.6. The normalized spacial score (nSPS) is 17.3. The molecule has 0 bridgehead atoms. The van der Waals surface area contributed by atoms with Gasteiger partial charge in [-0.3, -0.25) is 38.8 Å². The quantitative estimate of drug-likeness (QED) is 0.158. The summed E-state index contributed by atoms with van der Waals surface area (Å²) in [5.74, 6) is -1.10. The lowest BCUT2D eigenvalue weighted by Crippen LogP contribution is -2.50. The van der Waals surface area contributed by atoms with Crippen LogP contribution in [0.2, 0.25) is 0 Å². The van der Waals surface area contributed by atoms with Gasteiger partial charge in [0.2, 0.25) is 5.91 Å². The van der Waals surface area contributed by atoms with Gasteiger partial charge < -0.3 is 24.6 Å². The van der Waals surface area contributed by atoms with Gasteiger partial charge in [-0.2, -0.15) is 0 Å². The molecule has 1 fully saturated rings. The SMILES string of the molecule is CC(C)(C)OC(=O)CN1CCN(CC(=O)NCCCCCCO)CCN(CC(=O)OC(C)(C)C)CCN(CC(=O)OC(C)(C)C)CC1. The molecule has 1 heterocycles. The molecule has 1 aliphatic rings. The van der Waals surface area contributed by atoms with E-state index in [-0.39, 0.29) is 56.6 Å². The number of nitrogens with one attached hydrogen (secondary N) is 1. The molecule has 0 aromatic carbocycles. The Balaban J connectivity index is 3.14. The predicted octanol–water partition coefficient (Wildman–Crippen LogP) is 1.90. The second kappa shape index (κ2) is 20.9. The number of nitrogens with zero attached hydrogens (tertiary/aromatic N) is 4. The van der Waals surface area contributed by atoms with E-state index >= 15 is 0 Å². The fourth-order valence-corrected chi connectivity index (χ4v) is 4.96. The highest BCUT2D eigenvalue weighted by Gasteiger charge is 2.26. The number of hydrogen-bond acceptors (Lipinski definition) is 12. The number of aliphatic hydroxyl groups excluding tert-OH is 1. The van der Waals surface area contributed by atoms with E-state index in [0.29, 0.717) is 58.9 Å². The minimum Gasteiger partial charge on any atom is -0.459 e. The molecule has 0 aliphatic carbocycles. The van der Waals surface area contributed by atoms with Crippen molar-refractivity contribution in [3.63, 3.8) is 0 Å². The first-order chi connectivity index (χ1) is 21.7. The zero-order valence-corrected chi connectivity index (χ0v) is 30.8. The minimum atomic E-state index is -0.620. The molecule has 1 aliphatic heterocycles. The summed E-state index contributed by atoms with van der Waals surface area (Å²) in [6.07, 6.45) is 3.47. The lowest BCUT2D eigenvalue weighted by atomic mass is 10.2. The lowest BCUT2D eigenvalue weighted by Gasteiger charge is -2.34. The first-order valence-corrected chi connectivity index (χ1v) is 17.2. The van der Waals surface area contributed by atoms with Crippen LogP contribution in [0.4, 0.5) is 0 Å². The molecule has 0 spiro atoms. The van der Waals surface area contributed by atoms with E-state index in [1.807, 2.05) is 81.9 Å². The number of amides is 1. The van der Waals surface area contributed by atoms with E-state index in [1.54, 1.807) is 0 Å². The third-order valence-electron chi connectivity index (χ3n) is 7.02. The zero-order valence-electron chi connectivity index (χ0n) is 30.8. The van der Waals surface area contributed by atoms with Crippen molar-refractivity contribution in [2.75, 3.05) is 91.7 Å². The molecule has 0 aromatic heterocycles. The smallest absolute Gasteiger partial charge is 0.320 e. The number of carbonyl (C=O) groups is 4. The maximum absolute atomic E-state index is 12.9. The van der Waals surface area contributed by atoms with E-state index in [9.17, 15) is 19.2 Å². The molecule has 274 valence electrons. The number of rotatable bonds is 14. The van der Waals surface area contributed by atoms with E-state index < -0.39 is 16.8 Å². The van der Waals surface area contributed by atoms with Gasteiger partial charge in [0.15, 0.2) is 0 Å². The fraction of sp³-hybridized carbons (Fsp3) is 0.882. The van der Waals surface area contributed by atoms with Crippen molar-refractivity contribution in [1.29, 1.82) is 0 Å². The Labute approximate surface area is 283 Å². The maximum atomic E-state index is 12.9. The molecule has 13 nitrogen and oxygen atoms in total. The topological polar surface area (TPSA) is 141 Å². The van der Waals surface area contributed by atoms with Gasteiger partial charge in [0, 0.05) is 65.5 Å². The number of ether oxygens (including phenoxy) is 3. The molecule has 1 rings (SSSR count). The van der Waals surface area contributed by atoms with Crippen LogP contribution in [0.3, 0.4) is 0 Å². The van der Waals surface area contributed by atoms with Crippen LogP contribution >= 0.6 is 0 Å². The fourth-order valence-electron chi connectivity index (χ4n) is 4.96. The summed E-state index contributed by atoms with van der Waals surface area (Å²) < 4.78 is 16.8. The molecule has 2 N–H and O–H groups in total. The average Bonchev–Trinajstić information content (AvgIpc) is 2.88. The van der Waals surface area contributed by atoms with E-state index in [0.717, 1.165) is 25.7 Å². The minimum absolute atomic E-state index is 0.0735. The molecule has 0 aromatic rings. The zero-order chi connectivity index (χ0) is 35.7. The molecule has 47 heavy (non-hydrogen) atoms. The van der Waals surface area contributed by atoms with Crippen LogP contribution in [-0.4, -0.2) is 157 Å². The Morgan fingerprint density at radius 3 is 1.11 bits per heavy atom. The van der Waals surface area contributed by atoms with Gasteiger partial charge in [-0.1, -0.05) is 12.8 Å². The first-order valence-electron chi connectivity index (χ1n) is 17.2. The van der Waals surface area contributed by atoms with Gasteiger partial charge in [0.05, 0.1) is 26.2 Å². The van der Waals surface area contributed by atoms with Crippen molar-refractivity contribution in [2.45, 2.75) is 105 Å². The molecular weight excluding hydrogens is 606 g/mol. The highest BCUT2D eigenvalue weighted by molar-refractivity contribution is 5.78. The monoisotopic (exact) mass is 671 g/mol. The summed E-state index contributed by atoms with van der Waals surface area (Å²) >= 11 is 0. The summed E-state index contributed by atoms with van der Waals surface area (Å²) in [5.41, 5.74) is -1.86. The molecule has 0 unspecified atom stereocenters. The molecule has 0 atom stereocenters. The molecule has 0 saturated carbocycles. The van der Waals surface area contributed by atoms with Crippen molar-refractivity contribution in [1.82, 2.24) is 24.9 Å². The van der Waals surface area contributed by atoms with E-state index in [4.69, 9.17) is 19.3 Å². The van der Waals surface area contributed by atoms with Gasteiger partial charge in [0.25, 0.3) is 0 Å². The van der Waals surface area contributed by atoms with E-state index in [1.165, 1.54) is 0 Å². The summed E-state index contributed by atoms with van der Waals surface area (Å²) in [5, 5.41) is 12.0. The number of esters is 3. The van der Waals surface area contributed by atoms with Crippen molar-refractivity contribution in [3.8, 4) is 0 Å². The van der Waals surface area contributed by atoms with Crippen LogP contribution < -0.4 is 5.32 Å². The van der Waals surface area contributed by atoms with E-state index in [2.05, 4.69) is 5.32 Å². The molecule has 13 heteroatoms. The standard InChI is InChI=1S/C34H65N5O8/c1-32(2,3)45-29(42)25-37-17-15-36(24-28(41)35-14-12-10-11-13-23-40)16-18-38(26-30(43)46-33(4,5)6)20-22-39(21-19-37)27-31(44)47-34(7,8)9/h40H,10-27H2,1-9H3,(H,35,41). The summed E-state index contributed by atoms with van der Waals surface area (Å²) in [6, 6.07) is 0. The van der Waals surface area contributed by atoms with Gasteiger partial charge in [-0.05, 0) is 75.2 Å². The Morgan fingerprint density at radius 1 is 0.511 bits per heavy atom. The van der Waals surface area contributed by atoms with Crippen molar-refractivity contribution >= 4 is 23.8 Å². The number of aliphatic hydroxyl groups is 1. The third kappa shape index (κ3) is 23.6. The number of carbonyl (C=O) groups excluding carboxylic acids is 4. The van der Waals surface area contributed by atoms with Gasteiger partial charge in [0.1, 0.15) is 16.8 Å². The molecule has 1 saturated heterocycles. The average molecular weight is 672 g/mol. The molecular formula is C34H65N5O8. The van der Waals surface area contributed by atoms with Crippen LogP contribution in [0.25, 0.3) is 0 Å². The number of hydrogen-bond donors (Lipinski definition) is 2. The predicted molar refractivity (Wildman–Crippen MR) is 182 cm³/mol. The second-order valence-corrected chi connectivity index (χ2v) is 15.4. The van der Waals surface area contributed by atoms with Crippen LogP contribution in [-0.2, 0) is 33.4 Å². The van der Waals surface area contributed by atoms with Crippen molar-refractivity contribution in [3.05, 3.63) is 0 Å². The van der Waals surface area contributed by atoms with Crippen LogP contribution in [0.5, 0.6) is 0 Å². The third-order valence-corrected chi connectivity index (χ3v) is 7.02. The second-order valence-electron chi connectivity index (χ2n) is 15.4. The summed E-state index contributed by atoms with van der Waals surface area (Å²) in [4.78, 5) is 59.5. The highest BCUT2D eigenvalue weighted by Crippen LogP contribution is 2.11. The lowest BCUT2D eigenvalue weighted by molar-refractivity contribution is -0.158. The van der Waals surface area contributed by atoms with Gasteiger partial charge in [-0.25, -0.2) is 0 Å². The Morgan fingerprint density at radius 2 is 0.809 bits per heavy atom. The Hall–Kier alpha value is -2.32. The Bertz CT molecular complexity index is 912. The maximum Gasteiger partial charge on any atom is 0.320 e. The Kier molecular flexibility index (Phi) is 19.0. The molecule has 1 amide bonds. The summed E-state index contributed by atoms with van der Waals surface area (Å²) in [6.45, 7) is 21.6. The van der Waals surface area contributed by atoms with Crippen LogP contribution in [0.1, 0.15) is 88.0 Å². The van der Waals surface area contributed by atoms with Crippen molar-refractivity contribution in [2.24, 2.45) is 0 Å². The van der Waals surface area contributed by atoms with Crippen LogP contribution in [0, 0.1) is 0 Å².